The maximum Gasteiger partial charge on any atom is 0.256 e. The molecule has 112 valence electrons. The monoisotopic (exact) mass is 306 g/mol. The molecule has 1 saturated carbocycles. The fourth-order valence-electron chi connectivity index (χ4n) is 2.83. The third kappa shape index (κ3) is 3.50. The van der Waals surface area contributed by atoms with Gasteiger partial charge < -0.3 is 5.32 Å². The van der Waals surface area contributed by atoms with Crippen LogP contribution in [0, 0.1) is 11.8 Å². The van der Waals surface area contributed by atoms with Gasteiger partial charge in [0.15, 0.2) is 0 Å². The lowest BCUT2D eigenvalue weighted by Crippen LogP contribution is -2.25. The Bertz CT molecular complexity index is 585. The Morgan fingerprint density at radius 1 is 1.29 bits per heavy atom. The molecule has 0 saturated heterocycles. The van der Waals surface area contributed by atoms with E-state index in [1.165, 1.54) is 25.7 Å². The molecule has 0 spiro atoms. The number of hydrogen-bond donors (Lipinski definition) is 1. The van der Waals surface area contributed by atoms with Gasteiger partial charge in [-0.25, -0.2) is 4.68 Å². The second-order valence-electron chi connectivity index (χ2n) is 5.58. The third-order valence-electron chi connectivity index (χ3n) is 4.12. The molecule has 0 aromatic carbocycles. The molecule has 1 aliphatic carbocycles. The number of halogens is 1. The summed E-state index contributed by atoms with van der Waals surface area (Å²) in [4.78, 5) is 12.6. The Morgan fingerprint density at radius 3 is 2.90 bits per heavy atom. The Morgan fingerprint density at radius 2 is 2.14 bits per heavy atom. The minimum absolute atomic E-state index is 0.176. The number of nitrogens with one attached hydrogen (secondary N) is 1. The van der Waals surface area contributed by atoms with Crippen LogP contribution in [0.5, 0.6) is 0 Å². The van der Waals surface area contributed by atoms with Crippen LogP contribution in [0.2, 0.25) is 5.28 Å². The highest BCUT2D eigenvalue weighted by atomic mass is 35.5. The van der Waals surface area contributed by atoms with E-state index in [0.29, 0.717) is 17.8 Å². The third-order valence-corrected chi connectivity index (χ3v) is 4.29. The van der Waals surface area contributed by atoms with Crippen LogP contribution in [0.4, 0.5) is 5.95 Å². The average Bonchev–Trinajstić information content (AvgIpc) is 3.00. The highest BCUT2D eigenvalue weighted by molar-refractivity contribution is 6.28. The van der Waals surface area contributed by atoms with Crippen LogP contribution >= 0.6 is 11.6 Å². The van der Waals surface area contributed by atoms with Gasteiger partial charge in [-0.3, -0.25) is 0 Å². The van der Waals surface area contributed by atoms with E-state index in [4.69, 9.17) is 11.6 Å². The van der Waals surface area contributed by atoms with E-state index >= 15 is 0 Å². The maximum absolute atomic E-state index is 5.97. The molecule has 7 heteroatoms. The summed E-state index contributed by atoms with van der Waals surface area (Å²) in [5, 5.41) is 7.58. The molecule has 1 fully saturated rings. The molecule has 0 bridgehead atoms. The van der Waals surface area contributed by atoms with E-state index in [-0.39, 0.29) is 5.28 Å². The summed E-state index contributed by atoms with van der Waals surface area (Å²) in [5.41, 5.74) is 0. The van der Waals surface area contributed by atoms with Gasteiger partial charge in [-0.05, 0) is 35.9 Å². The molecule has 2 aromatic rings. The van der Waals surface area contributed by atoms with Gasteiger partial charge in [-0.1, -0.05) is 26.2 Å². The molecule has 2 aromatic heterocycles. The largest absolute Gasteiger partial charge is 0.354 e. The van der Waals surface area contributed by atoms with E-state index in [1.807, 2.05) is 6.07 Å². The molecule has 3 rings (SSSR count). The lowest BCUT2D eigenvalue weighted by molar-refractivity contribution is 0.268. The van der Waals surface area contributed by atoms with Crippen molar-refractivity contribution < 1.29 is 0 Å². The molecule has 0 aliphatic heterocycles. The van der Waals surface area contributed by atoms with Gasteiger partial charge in [-0.2, -0.15) is 20.1 Å². The summed E-state index contributed by atoms with van der Waals surface area (Å²) in [6, 6.07) is 1.81. The Hall–Kier alpha value is -1.69. The molecule has 1 aliphatic rings. The molecule has 0 radical (unpaired) electrons. The highest BCUT2D eigenvalue weighted by Crippen LogP contribution is 2.29. The zero-order chi connectivity index (χ0) is 14.7. The lowest BCUT2D eigenvalue weighted by Gasteiger charge is -2.28. The number of nitrogens with zero attached hydrogens (tertiary/aromatic N) is 5. The van der Waals surface area contributed by atoms with Gasteiger partial charge in [0.05, 0.1) is 0 Å². The van der Waals surface area contributed by atoms with Crippen molar-refractivity contribution in [2.24, 2.45) is 11.8 Å². The molecule has 6 nitrogen and oxygen atoms in total. The van der Waals surface area contributed by atoms with E-state index in [0.717, 1.165) is 12.5 Å². The van der Waals surface area contributed by atoms with Crippen molar-refractivity contribution in [2.75, 3.05) is 11.9 Å². The van der Waals surface area contributed by atoms with Crippen LogP contribution in [0.25, 0.3) is 5.95 Å². The molecule has 2 heterocycles. The summed E-state index contributed by atoms with van der Waals surface area (Å²) >= 11 is 5.97. The fraction of sp³-hybridized carbons (Fsp3) is 0.571. The lowest BCUT2D eigenvalue weighted by atomic mass is 9.80. The smallest absolute Gasteiger partial charge is 0.256 e. The number of anilines is 1. The van der Waals surface area contributed by atoms with Gasteiger partial charge in [-0.15, -0.1) is 0 Å². The van der Waals surface area contributed by atoms with Crippen molar-refractivity contribution in [1.82, 2.24) is 24.7 Å². The SMILES string of the molecule is CC1CCCCC1CNc1nc(Cl)nc(-n2cccn2)n1. The summed E-state index contributed by atoms with van der Waals surface area (Å²) in [5.74, 6) is 2.36. The van der Waals surface area contributed by atoms with E-state index in [9.17, 15) is 0 Å². The Balaban J connectivity index is 1.70. The molecule has 0 amide bonds. The van der Waals surface area contributed by atoms with Crippen LogP contribution in [-0.2, 0) is 0 Å². The second-order valence-corrected chi connectivity index (χ2v) is 5.92. The first-order valence-electron chi connectivity index (χ1n) is 7.38. The summed E-state index contributed by atoms with van der Waals surface area (Å²) < 4.78 is 1.57. The number of rotatable bonds is 4. The predicted molar refractivity (Wildman–Crippen MR) is 81.6 cm³/mol. The van der Waals surface area contributed by atoms with E-state index < -0.39 is 0 Å². The van der Waals surface area contributed by atoms with Gasteiger partial charge in [0.2, 0.25) is 11.2 Å². The van der Waals surface area contributed by atoms with Crippen molar-refractivity contribution in [1.29, 1.82) is 0 Å². The van der Waals surface area contributed by atoms with Crippen LogP contribution in [0.1, 0.15) is 32.6 Å². The minimum Gasteiger partial charge on any atom is -0.354 e. The first-order valence-corrected chi connectivity index (χ1v) is 7.75. The first kappa shape index (κ1) is 14.3. The molecule has 2 unspecified atom stereocenters. The minimum atomic E-state index is 0.176. The number of aromatic nitrogens is 5. The predicted octanol–water partition coefficient (Wildman–Crippen LogP) is 2.95. The molecule has 2 atom stereocenters. The Kier molecular flexibility index (Phi) is 4.34. The van der Waals surface area contributed by atoms with Crippen molar-refractivity contribution in [2.45, 2.75) is 32.6 Å². The zero-order valence-corrected chi connectivity index (χ0v) is 12.8. The molecular weight excluding hydrogens is 288 g/mol. The van der Waals surface area contributed by atoms with Crippen molar-refractivity contribution in [3.05, 3.63) is 23.7 Å². The summed E-state index contributed by atoms with van der Waals surface area (Å²) in [7, 11) is 0. The number of hydrogen-bond acceptors (Lipinski definition) is 5. The van der Waals surface area contributed by atoms with Crippen LogP contribution in [0.3, 0.4) is 0 Å². The van der Waals surface area contributed by atoms with Gasteiger partial charge in [0.25, 0.3) is 5.95 Å². The van der Waals surface area contributed by atoms with Gasteiger partial charge >= 0.3 is 0 Å². The Labute approximate surface area is 129 Å². The average molecular weight is 307 g/mol. The topological polar surface area (TPSA) is 68.5 Å². The zero-order valence-electron chi connectivity index (χ0n) is 12.0. The van der Waals surface area contributed by atoms with Crippen molar-refractivity contribution >= 4 is 17.5 Å². The van der Waals surface area contributed by atoms with E-state index in [2.05, 4.69) is 32.3 Å². The quantitative estimate of drug-likeness (QED) is 0.940. The van der Waals surface area contributed by atoms with Crippen molar-refractivity contribution in [3.8, 4) is 5.95 Å². The summed E-state index contributed by atoms with van der Waals surface area (Å²) in [6.45, 7) is 3.20. The van der Waals surface area contributed by atoms with Gasteiger partial charge in [0.1, 0.15) is 0 Å². The normalized spacial score (nSPS) is 22.2. The molecular formula is C14H19ClN6. The molecule has 21 heavy (non-hydrogen) atoms. The highest BCUT2D eigenvalue weighted by Gasteiger charge is 2.21. The van der Waals surface area contributed by atoms with Crippen LogP contribution in [0.15, 0.2) is 18.5 Å². The van der Waals surface area contributed by atoms with Crippen molar-refractivity contribution in [3.63, 3.8) is 0 Å². The molecule has 1 N–H and O–H groups in total. The first-order chi connectivity index (χ1) is 10.2. The van der Waals surface area contributed by atoms with Gasteiger partial charge in [0, 0.05) is 18.9 Å². The van der Waals surface area contributed by atoms with Crippen LogP contribution in [-0.4, -0.2) is 31.3 Å². The second kappa shape index (κ2) is 6.39. The van der Waals surface area contributed by atoms with E-state index in [1.54, 1.807) is 17.1 Å². The standard InChI is InChI=1S/C14H19ClN6/c1-10-5-2-3-6-11(10)9-16-13-18-12(15)19-14(20-13)21-8-4-7-17-21/h4,7-8,10-11H,2-3,5-6,9H2,1H3,(H,16,18,19,20). The summed E-state index contributed by atoms with van der Waals surface area (Å²) in [6.07, 6.45) is 8.68. The fourth-order valence-corrected chi connectivity index (χ4v) is 2.98. The maximum atomic E-state index is 5.97. The van der Waals surface area contributed by atoms with Crippen LogP contribution < -0.4 is 5.32 Å².